The summed E-state index contributed by atoms with van der Waals surface area (Å²) in [4.78, 5) is 24.8. The van der Waals surface area contributed by atoms with Gasteiger partial charge >= 0.3 is 0 Å². The Labute approximate surface area is 228 Å². The third kappa shape index (κ3) is 4.01. The van der Waals surface area contributed by atoms with Gasteiger partial charge in [0.2, 0.25) is 0 Å². The number of H-pyrrole nitrogens is 2. The summed E-state index contributed by atoms with van der Waals surface area (Å²) in [5.74, 6) is 1.36. The van der Waals surface area contributed by atoms with E-state index in [4.69, 9.17) is 9.97 Å². The van der Waals surface area contributed by atoms with E-state index < -0.39 is 0 Å². The molecule has 0 amide bonds. The molecular weight excluding hydrogens is 504 g/mol. The molecule has 2 saturated carbocycles. The Kier molecular flexibility index (Phi) is 5.12. The van der Waals surface area contributed by atoms with Gasteiger partial charge in [0.1, 0.15) is 11.0 Å². The summed E-state index contributed by atoms with van der Waals surface area (Å²) in [5, 5.41) is 11.4. The molecule has 2 fully saturated rings. The minimum absolute atomic E-state index is 0.665. The second-order valence-electron chi connectivity index (χ2n) is 10.5. The number of allylic oxidation sites excluding steroid dienone is 2. The Balaban J connectivity index is 1.16. The Hall–Kier alpha value is -4.37. The van der Waals surface area contributed by atoms with Crippen LogP contribution in [-0.2, 0) is 0 Å². The minimum Gasteiger partial charge on any atom is -0.357 e. The molecule has 192 valence electrons. The number of pyridine rings is 3. The average Bonchev–Trinajstić information content (AvgIpc) is 3.31. The maximum atomic E-state index is 5.02. The Morgan fingerprint density at radius 3 is 2.64 bits per heavy atom. The van der Waals surface area contributed by atoms with E-state index in [1.165, 1.54) is 42.7 Å². The molecule has 39 heavy (non-hydrogen) atoms. The van der Waals surface area contributed by atoms with E-state index in [0.29, 0.717) is 17.4 Å². The van der Waals surface area contributed by atoms with Crippen LogP contribution in [0.25, 0.3) is 55.3 Å². The highest BCUT2D eigenvalue weighted by Crippen LogP contribution is 2.43. The predicted octanol–water partition coefficient (Wildman–Crippen LogP) is 7.26. The van der Waals surface area contributed by atoms with Gasteiger partial charge < -0.3 is 10.3 Å². The molecule has 6 aromatic rings. The first-order valence-electron chi connectivity index (χ1n) is 13.4. The van der Waals surface area contributed by atoms with Crippen LogP contribution in [0.1, 0.15) is 37.0 Å². The predicted molar refractivity (Wildman–Crippen MR) is 155 cm³/mol. The van der Waals surface area contributed by atoms with E-state index in [1.54, 1.807) is 16.9 Å². The van der Waals surface area contributed by atoms with Crippen LogP contribution in [0.5, 0.6) is 0 Å². The molecule has 0 spiro atoms. The highest BCUT2D eigenvalue weighted by atomic mass is 32.1. The molecule has 0 aromatic carbocycles. The molecule has 0 bridgehead atoms. The van der Waals surface area contributed by atoms with E-state index in [1.807, 2.05) is 36.9 Å². The zero-order valence-electron chi connectivity index (χ0n) is 21.5. The van der Waals surface area contributed by atoms with Gasteiger partial charge in [-0.3, -0.25) is 15.1 Å². The van der Waals surface area contributed by atoms with Gasteiger partial charge in [-0.25, -0.2) is 9.97 Å². The van der Waals surface area contributed by atoms with Gasteiger partial charge in [0.15, 0.2) is 11.5 Å². The van der Waals surface area contributed by atoms with E-state index in [-0.39, 0.29) is 0 Å². The van der Waals surface area contributed by atoms with Crippen molar-refractivity contribution >= 4 is 39.1 Å². The second-order valence-corrected chi connectivity index (χ2v) is 11.8. The monoisotopic (exact) mass is 530 g/mol. The molecule has 0 saturated heterocycles. The van der Waals surface area contributed by atoms with E-state index in [0.717, 1.165) is 49.5 Å². The van der Waals surface area contributed by atoms with Gasteiger partial charge in [-0.15, -0.1) is 11.3 Å². The third-order valence-electron chi connectivity index (χ3n) is 7.67. The van der Waals surface area contributed by atoms with Crippen LogP contribution in [-0.4, -0.2) is 35.1 Å². The molecule has 6 aromatic heterocycles. The lowest BCUT2D eigenvalue weighted by atomic mass is 9.89. The van der Waals surface area contributed by atoms with E-state index in [9.17, 15) is 0 Å². The summed E-state index contributed by atoms with van der Waals surface area (Å²) >= 11 is 1.74. The lowest BCUT2D eigenvalue weighted by molar-refractivity contribution is 0.641. The number of imidazole rings is 1. The second kappa shape index (κ2) is 8.84. The molecule has 0 radical (unpaired) electrons. The number of nitrogens with one attached hydrogen (secondary N) is 3. The Morgan fingerprint density at radius 2 is 1.85 bits per heavy atom. The molecule has 2 aliphatic rings. The fourth-order valence-electron chi connectivity index (χ4n) is 5.31. The molecule has 8 nitrogen and oxygen atoms in total. The summed E-state index contributed by atoms with van der Waals surface area (Å²) in [6.07, 6.45) is 13.8. The first-order valence-corrected chi connectivity index (χ1v) is 14.2. The minimum atomic E-state index is 0.665. The molecule has 9 heteroatoms. The zero-order valence-corrected chi connectivity index (χ0v) is 22.3. The van der Waals surface area contributed by atoms with Crippen LogP contribution in [0.3, 0.4) is 0 Å². The molecule has 2 aliphatic carbocycles. The first kappa shape index (κ1) is 22.6. The number of aromatic nitrogens is 7. The van der Waals surface area contributed by atoms with Crippen molar-refractivity contribution in [1.82, 2.24) is 35.1 Å². The fraction of sp³-hybridized carbons (Fsp3) is 0.233. The van der Waals surface area contributed by atoms with E-state index in [2.05, 4.69) is 55.6 Å². The number of rotatable bonds is 6. The van der Waals surface area contributed by atoms with Crippen molar-refractivity contribution in [3.05, 3.63) is 71.3 Å². The van der Waals surface area contributed by atoms with Crippen LogP contribution >= 0.6 is 11.3 Å². The summed E-state index contributed by atoms with van der Waals surface area (Å²) in [7, 11) is 0. The maximum Gasteiger partial charge on any atom is 0.161 e. The van der Waals surface area contributed by atoms with Gasteiger partial charge in [0.25, 0.3) is 0 Å². The van der Waals surface area contributed by atoms with Crippen LogP contribution in [0.15, 0.2) is 66.4 Å². The average molecular weight is 531 g/mol. The standard InChI is InChI=1S/C30H26N8S/c1-16-5-10-25(39-16)21-14-32-15-24-27(21)36-30(35-24)29-28-23(37-38-29)9-8-22(34-28)19-11-20(13-31-12-19)33-26(18-6-7-18)17-3-2-4-17/h5,8-15,18,33H,2-4,6-7H2,1H3,(H,35,36)(H,37,38). The SMILES string of the molecule is Cc1ccc(-c2cncc3[nH]c(-c4n[nH]c5ccc(-c6cncc(NC(=C7CCC7)C7CC7)c6)nc45)nc23)s1. The molecule has 0 atom stereocenters. The number of hydrogen-bond donors (Lipinski definition) is 3. The zero-order chi connectivity index (χ0) is 25.9. The molecule has 3 N–H and O–H groups in total. The van der Waals surface area contributed by atoms with Gasteiger partial charge in [0, 0.05) is 39.0 Å². The van der Waals surface area contributed by atoms with Gasteiger partial charge in [-0.1, -0.05) is 5.57 Å². The Morgan fingerprint density at radius 1 is 0.949 bits per heavy atom. The smallest absolute Gasteiger partial charge is 0.161 e. The number of hydrogen-bond acceptors (Lipinski definition) is 7. The molecule has 6 heterocycles. The van der Waals surface area contributed by atoms with E-state index >= 15 is 0 Å². The molecule has 0 aliphatic heterocycles. The maximum absolute atomic E-state index is 5.02. The van der Waals surface area contributed by atoms with Crippen LogP contribution < -0.4 is 5.32 Å². The van der Waals surface area contributed by atoms with Crippen LogP contribution in [0.2, 0.25) is 0 Å². The topological polar surface area (TPSA) is 108 Å². The largest absolute Gasteiger partial charge is 0.357 e. The molecule has 0 unspecified atom stereocenters. The van der Waals surface area contributed by atoms with Crippen molar-refractivity contribution in [3.63, 3.8) is 0 Å². The lowest BCUT2D eigenvalue weighted by Crippen LogP contribution is -2.11. The summed E-state index contributed by atoms with van der Waals surface area (Å²) < 4.78 is 0. The van der Waals surface area contributed by atoms with Crippen molar-refractivity contribution in [2.24, 2.45) is 5.92 Å². The van der Waals surface area contributed by atoms with Crippen molar-refractivity contribution in [2.45, 2.75) is 39.0 Å². The van der Waals surface area contributed by atoms with Gasteiger partial charge in [0.05, 0.1) is 34.8 Å². The van der Waals surface area contributed by atoms with Gasteiger partial charge in [-0.2, -0.15) is 5.10 Å². The first-order chi connectivity index (χ1) is 19.2. The summed E-state index contributed by atoms with van der Waals surface area (Å²) in [6, 6.07) is 10.4. The highest BCUT2D eigenvalue weighted by molar-refractivity contribution is 7.15. The summed E-state index contributed by atoms with van der Waals surface area (Å²) in [5.41, 5.74) is 10.9. The number of aryl methyl sites for hydroxylation is 1. The van der Waals surface area contributed by atoms with Crippen molar-refractivity contribution in [1.29, 1.82) is 0 Å². The normalized spacial score (nSPS) is 15.2. The fourth-order valence-corrected chi connectivity index (χ4v) is 6.19. The number of thiophene rings is 1. The number of aromatic amines is 2. The van der Waals surface area contributed by atoms with Crippen LogP contribution in [0.4, 0.5) is 5.69 Å². The van der Waals surface area contributed by atoms with Crippen LogP contribution in [0, 0.1) is 12.8 Å². The lowest BCUT2D eigenvalue weighted by Gasteiger charge is -2.23. The molecule has 8 rings (SSSR count). The van der Waals surface area contributed by atoms with Crippen molar-refractivity contribution in [3.8, 4) is 33.2 Å². The number of anilines is 1. The van der Waals surface area contributed by atoms with Crippen molar-refractivity contribution < 1.29 is 0 Å². The van der Waals surface area contributed by atoms with Crippen molar-refractivity contribution in [2.75, 3.05) is 5.32 Å². The highest BCUT2D eigenvalue weighted by Gasteiger charge is 2.30. The quantitative estimate of drug-likeness (QED) is 0.209. The Bertz CT molecular complexity index is 1900. The number of fused-ring (bicyclic) bond motifs is 2. The third-order valence-corrected chi connectivity index (χ3v) is 8.70. The molecular formula is C30H26N8S. The summed E-state index contributed by atoms with van der Waals surface area (Å²) in [6.45, 7) is 2.11. The van der Waals surface area contributed by atoms with Gasteiger partial charge in [-0.05, 0) is 75.3 Å². The number of nitrogens with zero attached hydrogens (tertiary/aromatic N) is 5.